The number of fused-ring (bicyclic) bond motifs is 1. The number of rotatable bonds is 4. The van der Waals surface area contributed by atoms with Crippen molar-refractivity contribution in [3.63, 3.8) is 0 Å². The van der Waals surface area contributed by atoms with Crippen LogP contribution < -0.4 is 5.32 Å². The van der Waals surface area contributed by atoms with Crippen molar-refractivity contribution in [2.45, 2.75) is 18.9 Å². The van der Waals surface area contributed by atoms with Crippen molar-refractivity contribution in [2.75, 3.05) is 25.5 Å². The first-order valence-electron chi connectivity index (χ1n) is 10.4. The van der Waals surface area contributed by atoms with Gasteiger partial charge in [-0.15, -0.1) is 5.10 Å². The Morgan fingerprint density at radius 3 is 2.65 bits per heavy atom. The fourth-order valence-corrected chi connectivity index (χ4v) is 3.96. The van der Waals surface area contributed by atoms with Crippen molar-refractivity contribution in [2.24, 2.45) is 7.05 Å². The lowest BCUT2D eigenvalue weighted by Gasteiger charge is -2.28. The van der Waals surface area contributed by atoms with Crippen LogP contribution >= 0.6 is 0 Å². The second kappa shape index (κ2) is 7.92. The molecule has 0 bridgehead atoms. The van der Waals surface area contributed by atoms with E-state index in [1.165, 1.54) is 0 Å². The number of hydrogen-bond donors (Lipinski definition) is 1. The molecule has 1 aliphatic heterocycles. The highest BCUT2D eigenvalue weighted by molar-refractivity contribution is 6.03. The van der Waals surface area contributed by atoms with Gasteiger partial charge in [0, 0.05) is 30.4 Å². The van der Waals surface area contributed by atoms with Gasteiger partial charge in [-0.3, -0.25) is 9.48 Å². The summed E-state index contributed by atoms with van der Waals surface area (Å²) in [7, 11) is 4.01. The van der Waals surface area contributed by atoms with Gasteiger partial charge < -0.3 is 10.2 Å². The molecule has 1 saturated heterocycles. The van der Waals surface area contributed by atoms with E-state index in [0.717, 1.165) is 47.8 Å². The van der Waals surface area contributed by atoms with E-state index >= 15 is 0 Å². The van der Waals surface area contributed by atoms with Crippen LogP contribution in [-0.2, 0) is 7.05 Å². The van der Waals surface area contributed by atoms with Gasteiger partial charge in [0.2, 0.25) is 0 Å². The molecule has 31 heavy (non-hydrogen) atoms. The molecule has 0 radical (unpaired) electrons. The molecule has 1 aromatic carbocycles. The highest BCUT2D eigenvalue weighted by Crippen LogP contribution is 2.25. The summed E-state index contributed by atoms with van der Waals surface area (Å²) in [6.07, 6.45) is 9.30. The number of carbonyl (C=O) groups is 1. The standard InChI is InChI=1S/C22H24N8O/c1-28-7-5-19(6-8-28)30-14-20(26-27-30)22(31)25-21-10-17-9-15(3-4-16(17)11-23-21)18-12-24-29(2)13-18/h3-4,9-14,19H,5-8H2,1-2H3,(H,23,25,31). The molecule has 9 nitrogen and oxygen atoms in total. The zero-order chi connectivity index (χ0) is 21.4. The predicted octanol–water partition coefficient (Wildman–Crippen LogP) is 2.75. The molecule has 1 fully saturated rings. The van der Waals surface area contributed by atoms with Crippen LogP contribution in [0.4, 0.5) is 5.82 Å². The first-order chi connectivity index (χ1) is 15.0. The Hall–Kier alpha value is -3.59. The third kappa shape index (κ3) is 4.04. The maximum absolute atomic E-state index is 12.7. The number of anilines is 1. The van der Waals surface area contributed by atoms with Crippen LogP contribution in [-0.4, -0.2) is 60.7 Å². The minimum absolute atomic E-state index is 0.287. The number of aromatic nitrogens is 6. The molecule has 3 aromatic heterocycles. The van der Waals surface area contributed by atoms with Gasteiger partial charge >= 0.3 is 0 Å². The van der Waals surface area contributed by atoms with Gasteiger partial charge in [-0.1, -0.05) is 17.3 Å². The van der Waals surface area contributed by atoms with Gasteiger partial charge in [0.1, 0.15) is 5.82 Å². The molecule has 0 unspecified atom stereocenters. The van der Waals surface area contributed by atoms with Gasteiger partial charge in [0.05, 0.1) is 18.4 Å². The molecule has 5 rings (SSSR count). The average Bonchev–Trinajstić information content (AvgIpc) is 3.43. The molecule has 0 saturated carbocycles. The number of hydrogen-bond acceptors (Lipinski definition) is 6. The minimum atomic E-state index is -0.311. The van der Waals surface area contributed by atoms with Crippen molar-refractivity contribution in [1.82, 2.24) is 34.7 Å². The maximum Gasteiger partial charge on any atom is 0.278 e. The third-order valence-electron chi connectivity index (χ3n) is 5.81. The van der Waals surface area contributed by atoms with E-state index in [2.05, 4.69) is 43.7 Å². The van der Waals surface area contributed by atoms with E-state index in [1.807, 2.05) is 42.3 Å². The highest BCUT2D eigenvalue weighted by atomic mass is 16.2. The monoisotopic (exact) mass is 416 g/mol. The van der Waals surface area contributed by atoms with Crippen molar-refractivity contribution < 1.29 is 4.79 Å². The number of benzene rings is 1. The van der Waals surface area contributed by atoms with Crippen LogP contribution in [0.1, 0.15) is 29.4 Å². The molecule has 0 spiro atoms. The van der Waals surface area contributed by atoms with Crippen LogP contribution in [0, 0.1) is 0 Å². The maximum atomic E-state index is 12.7. The Bertz CT molecular complexity index is 1240. The van der Waals surface area contributed by atoms with Crippen molar-refractivity contribution in [3.05, 3.63) is 54.7 Å². The molecular weight excluding hydrogens is 392 g/mol. The molecule has 4 heterocycles. The van der Waals surface area contributed by atoms with Gasteiger partial charge in [0.25, 0.3) is 5.91 Å². The Kier molecular flexibility index (Phi) is 4.95. The number of aryl methyl sites for hydroxylation is 1. The number of carbonyl (C=O) groups excluding carboxylic acids is 1. The van der Waals surface area contributed by atoms with Crippen LogP contribution in [0.5, 0.6) is 0 Å². The average molecular weight is 416 g/mol. The Labute approximate surface area is 179 Å². The Morgan fingerprint density at radius 1 is 1.03 bits per heavy atom. The number of likely N-dealkylation sites (tertiary alicyclic amines) is 1. The largest absolute Gasteiger partial charge is 0.306 e. The Balaban J connectivity index is 1.33. The molecule has 1 N–H and O–H groups in total. The summed E-state index contributed by atoms with van der Waals surface area (Å²) < 4.78 is 3.59. The quantitative estimate of drug-likeness (QED) is 0.550. The second-order valence-corrected chi connectivity index (χ2v) is 8.11. The SMILES string of the molecule is CN1CCC(n2cc(C(=O)Nc3cc4cc(-c5cnn(C)c5)ccc4cn3)nn2)CC1. The van der Waals surface area contributed by atoms with E-state index in [1.54, 1.807) is 17.1 Å². The fraction of sp³-hybridized carbons (Fsp3) is 0.318. The van der Waals surface area contributed by atoms with Gasteiger partial charge in [0.15, 0.2) is 5.69 Å². The van der Waals surface area contributed by atoms with Gasteiger partial charge in [-0.25, -0.2) is 9.67 Å². The summed E-state index contributed by atoms with van der Waals surface area (Å²) >= 11 is 0. The first-order valence-corrected chi connectivity index (χ1v) is 10.4. The first kappa shape index (κ1) is 19.4. The Morgan fingerprint density at radius 2 is 1.87 bits per heavy atom. The summed E-state index contributed by atoms with van der Waals surface area (Å²) in [5.74, 6) is 0.170. The van der Waals surface area contributed by atoms with Crippen LogP contribution in [0.2, 0.25) is 0 Å². The van der Waals surface area contributed by atoms with E-state index in [9.17, 15) is 4.79 Å². The molecule has 1 amide bonds. The molecule has 9 heteroatoms. The zero-order valence-electron chi connectivity index (χ0n) is 17.6. The van der Waals surface area contributed by atoms with Gasteiger partial charge in [-0.2, -0.15) is 5.10 Å². The second-order valence-electron chi connectivity index (χ2n) is 8.11. The van der Waals surface area contributed by atoms with E-state index in [0.29, 0.717) is 11.5 Å². The third-order valence-corrected chi connectivity index (χ3v) is 5.81. The summed E-state index contributed by atoms with van der Waals surface area (Å²) in [6.45, 7) is 2.04. The van der Waals surface area contributed by atoms with Crippen LogP contribution in [0.25, 0.3) is 21.9 Å². The molecule has 4 aromatic rings. The van der Waals surface area contributed by atoms with Crippen LogP contribution in [0.3, 0.4) is 0 Å². The summed E-state index contributed by atoms with van der Waals surface area (Å²) in [4.78, 5) is 19.4. The van der Waals surface area contributed by atoms with Gasteiger partial charge in [-0.05, 0) is 56.1 Å². The number of pyridine rings is 1. The van der Waals surface area contributed by atoms with Crippen LogP contribution in [0.15, 0.2) is 49.1 Å². The van der Waals surface area contributed by atoms with E-state index < -0.39 is 0 Å². The molecule has 158 valence electrons. The predicted molar refractivity (Wildman–Crippen MR) is 118 cm³/mol. The molecular formula is C22H24N8O. The topological polar surface area (TPSA) is 93.8 Å². The zero-order valence-corrected chi connectivity index (χ0v) is 17.6. The van der Waals surface area contributed by atoms with E-state index in [4.69, 9.17) is 0 Å². The number of piperidine rings is 1. The van der Waals surface area contributed by atoms with Crippen molar-refractivity contribution >= 4 is 22.5 Å². The number of amides is 1. The fourth-order valence-electron chi connectivity index (χ4n) is 3.96. The summed E-state index contributed by atoms with van der Waals surface area (Å²) in [5, 5.41) is 17.3. The molecule has 1 aliphatic rings. The van der Waals surface area contributed by atoms with Crippen molar-refractivity contribution in [1.29, 1.82) is 0 Å². The molecule has 0 atom stereocenters. The number of nitrogens with one attached hydrogen (secondary N) is 1. The number of nitrogens with zero attached hydrogens (tertiary/aromatic N) is 7. The summed E-state index contributed by atoms with van der Waals surface area (Å²) in [6, 6.07) is 8.29. The molecule has 0 aliphatic carbocycles. The summed E-state index contributed by atoms with van der Waals surface area (Å²) in [5.41, 5.74) is 2.40. The van der Waals surface area contributed by atoms with E-state index in [-0.39, 0.29) is 11.9 Å². The lowest BCUT2D eigenvalue weighted by Crippen LogP contribution is -2.31. The highest BCUT2D eigenvalue weighted by Gasteiger charge is 2.21. The smallest absolute Gasteiger partial charge is 0.278 e. The lowest BCUT2D eigenvalue weighted by molar-refractivity contribution is 0.102. The minimum Gasteiger partial charge on any atom is -0.306 e. The van der Waals surface area contributed by atoms with Crippen molar-refractivity contribution in [3.8, 4) is 11.1 Å². The lowest BCUT2D eigenvalue weighted by atomic mass is 10.1. The normalized spacial score (nSPS) is 15.4.